The fourth-order valence-corrected chi connectivity index (χ4v) is 1.89. The van der Waals surface area contributed by atoms with Crippen LogP contribution in [0.1, 0.15) is 25.1 Å². The molecule has 0 fully saturated rings. The molecule has 0 N–H and O–H groups in total. The lowest BCUT2D eigenvalue weighted by Gasteiger charge is -1.99. The minimum atomic E-state index is 0.503. The lowest BCUT2D eigenvalue weighted by atomic mass is 10.1. The van der Waals surface area contributed by atoms with E-state index in [9.17, 15) is 0 Å². The molecule has 0 saturated carbocycles. The molecule has 0 radical (unpaired) electrons. The predicted octanol–water partition coefficient (Wildman–Crippen LogP) is 3.34. The second-order valence-electron chi connectivity index (χ2n) is 2.86. The van der Waals surface area contributed by atoms with Crippen LogP contribution in [0.15, 0.2) is 17.5 Å². The molecular weight excluding hydrogens is 164 g/mol. The summed E-state index contributed by atoms with van der Waals surface area (Å²) < 4.78 is 0. The molecule has 1 aromatic rings. The van der Waals surface area contributed by atoms with Gasteiger partial charge in [0.05, 0.1) is 0 Å². The zero-order chi connectivity index (χ0) is 8.81. The summed E-state index contributed by atoms with van der Waals surface area (Å²) in [5.41, 5.74) is 0. The van der Waals surface area contributed by atoms with Gasteiger partial charge in [0.2, 0.25) is 0 Å². The molecule has 1 aromatic heterocycles. The number of hydrogen-bond acceptors (Lipinski definition) is 1. The maximum atomic E-state index is 3.23. The third-order valence-corrected chi connectivity index (χ3v) is 2.51. The summed E-state index contributed by atoms with van der Waals surface area (Å²) in [6, 6.07) is 4.27. The topological polar surface area (TPSA) is 0 Å². The Kier molecular flexibility index (Phi) is 3.90. The Labute approximate surface area is 78.6 Å². The normalized spacial score (nSPS) is 11.8. The first-order chi connectivity index (χ1) is 5.83. The Morgan fingerprint density at radius 2 is 2.42 bits per heavy atom. The van der Waals surface area contributed by atoms with Gasteiger partial charge in [-0.15, -0.1) is 17.3 Å². The third kappa shape index (κ3) is 3.11. The van der Waals surface area contributed by atoms with Crippen LogP contribution in [-0.2, 0) is 6.42 Å². The first-order valence-corrected chi connectivity index (χ1v) is 5.21. The van der Waals surface area contributed by atoms with Crippen molar-refractivity contribution in [1.82, 2.24) is 0 Å². The van der Waals surface area contributed by atoms with Gasteiger partial charge in [-0.05, 0) is 17.9 Å². The summed E-state index contributed by atoms with van der Waals surface area (Å²) in [7, 11) is 0. The Balaban J connectivity index is 2.42. The van der Waals surface area contributed by atoms with E-state index in [4.69, 9.17) is 0 Å². The summed E-state index contributed by atoms with van der Waals surface area (Å²) >= 11 is 1.82. The van der Waals surface area contributed by atoms with Crippen LogP contribution in [0.4, 0.5) is 0 Å². The van der Waals surface area contributed by atoms with Crippen molar-refractivity contribution in [1.29, 1.82) is 0 Å². The number of thiophene rings is 1. The van der Waals surface area contributed by atoms with Gasteiger partial charge in [0.1, 0.15) is 0 Å². The van der Waals surface area contributed by atoms with Crippen molar-refractivity contribution in [3.63, 3.8) is 0 Å². The summed E-state index contributed by atoms with van der Waals surface area (Å²) in [6.07, 6.45) is 2.07. The van der Waals surface area contributed by atoms with Crippen LogP contribution in [0.5, 0.6) is 0 Å². The van der Waals surface area contributed by atoms with E-state index in [-0.39, 0.29) is 0 Å². The van der Waals surface area contributed by atoms with Gasteiger partial charge in [-0.1, -0.05) is 25.8 Å². The molecule has 0 aliphatic rings. The zero-order valence-electron chi connectivity index (χ0n) is 7.63. The molecule has 0 aliphatic heterocycles. The number of rotatable bonds is 2. The maximum absolute atomic E-state index is 3.23. The van der Waals surface area contributed by atoms with E-state index in [1.54, 1.807) is 0 Å². The van der Waals surface area contributed by atoms with Crippen LogP contribution in [0.3, 0.4) is 0 Å². The molecule has 1 unspecified atom stereocenters. The van der Waals surface area contributed by atoms with E-state index < -0.39 is 0 Å². The summed E-state index contributed by atoms with van der Waals surface area (Å²) in [6.45, 7) is 4.27. The molecule has 0 bridgehead atoms. The van der Waals surface area contributed by atoms with Gasteiger partial charge >= 0.3 is 0 Å². The monoisotopic (exact) mass is 178 g/mol. The Bertz CT molecular complexity index is 261. The average Bonchev–Trinajstić information content (AvgIpc) is 2.53. The standard InChI is InChI=1S/C11H14S/c1-3-4-6-10(2)9-11-7-5-8-12-11/h5,7-8,10H,3,9H2,1-2H3. The molecule has 0 aromatic carbocycles. The first kappa shape index (κ1) is 9.35. The van der Waals surface area contributed by atoms with Crippen LogP contribution < -0.4 is 0 Å². The van der Waals surface area contributed by atoms with Crippen LogP contribution in [0.25, 0.3) is 0 Å². The molecule has 1 atom stereocenters. The minimum Gasteiger partial charge on any atom is -0.149 e. The van der Waals surface area contributed by atoms with Crippen molar-refractivity contribution in [2.24, 2.45) is 5.92 Å². The van der Waals surface area contributed by atoms with Crippen LogP contribution in [0, 0.1) is 17.8 Å². The first-order valence-electron chi connectivity index (χ1n) is 4.33. The molecule has 1 heterocycles. The van der Waals surface area contributed by atoms with E-state index in [1.807, 2.05) is 11.3 Å². The Morgan fingerprint density at radius 3 is 3.00 bits per heavy atom. The third-order valence-electron chi connectivity index (χ3n) is 1.61. The fraction of sp³-hybridized carbons (Fsp3) is 0.455. The van der Waals surface area contributed by atoms with Crippen molar-refractivity contribution in [2.45, 2.75) is 26.7 Å². The largest absolute Gasteiger partial charge is 0.149 e. The van der Waals surface area contributed by atoms with Crippen LogP contribution >= 0.6 is 11.3 Å². The second kappa shape index (κ2) is 5.00. The highest BCUT2D eigenvalue weighted by Crippen LogP contribution is 2.13. The van der Waals surface area contributed by atoms with E-state index in [2.05, 4.69) is 43.2 Å². The minimum absolute atomic E-state index is 0.503. The van der Waals surface area contributed by atoms with Crippen LogP contribution in [-0.4, -0.2) is 0 Å². The van der Waals surface area contributed by atoms with Gasteiger partial charge in [-0.25, -0.2) is 0 Å². The van der Waals surface area contributed by atoms with Gasteiger partial charge in [-0.3, -0.25) is 0 Å². The van der Waals surface area contributed by atoms with Crippen molar-refractivity contribution >= 4 is 11.3 Å². The van der Waals surface area contributed by atoms with E-state index >= 15 is 0 Å². The van der Waals surface area contributed by atoms with Gasteiger partial charge in [0.15, 0.2) is 0 Å². The van der Waals surface area contributed by atoms with Gasteiger partial charge in [0.25, 0.3) is 0 Å². The van der Waals surface area contributed by atoms with E-state index in [0.29, 0.717) is 5.92 Å². The lowest BCUT2D eigenvalue weighted by Crippen LogP contribution is -1.93. The molecular formula is C11H14S. The highest BCUT2D eigenvalue weighted by atomic mass is 32.1. The molecule has 0 amide bonds. The van der Waals surface area contributed by atoms with E-state index in [1.165, 1.54) is 4.88 Å². The van der Waals surface area contributed by atoms with Crippen molar-refractivity contribution in [3.05, 3.63) is 22.4 Å². The molecule has 0 spiro atoms. The zero-order valence-corrected chi connectivity index (χ0v) is 8.45. The lowest BCUT2D eigenvalue weighted by molar-refractivity contribution is 0.759. The van der Waals surface area contributed by atoms with Crippen LogP contribution in [0.2, 0.25) is 0 Å². The smallest absolute Gasteiger partial charge is 0.0222 e. The molecule has 1 heteroatoms. The molecule has 64 valence electrons. The van der Waals surface area contributed by atoms with Gasteiger partial charge in [-0.2, -0.15) is 0 Å². The number of hydrogen-bond donors (Lipinski definition) is 0. The van der Waals surface area contributed by atoms with Crippen molar-refractivity contribution in [2.75, 3.05) is 0 Å². The van der Waals surface area contributed by atoms with Gasteiger partial charge < -0.3 is 0 Å². The summed E-state index contributed by atoms with van der Waals surface area (Å²) in [5.74, 6) is 6.85. The molecule has 1 rings (SSSR count). The maximum Gasteiger partial charge on any atom is 0.0222 e. The highest BCUT2D eigenvalue weighted by Gasteiger charge is 1.99. The average molecular weight is 178 g/mol. The summed E-state index contributed by atoms with van der Waals surface area (Å²) in [4.78, 5) is 1.44. The van der Waals surface area contributed by atoms with E-state index in [0.717, 1.165) is 12.8 Å². The molecule has 12 heavy (non-hydrogen) atoms. The summed E-state index contributed by atoms with van der Waals surface area (Å²) in [5, 5.41) is 2.12. The second-order valence-corrected chi connectivity index (χ2v) is 3.89. The molecule has 0 saturated heterocycles. The Hall–Kier alpha value is -0.740. The molecule has 0 aliphatic carbocycles. The van der Waals surface area contributed by atoms with Crippen molar-refractivity contribution < 1.29 is 0 Å². The van der Waals surface area contributed by atoms with Crippen molar-refractivity contribution in [3.8, 4) is 11.8 Å². The SMILES string of the molecule is CCC#CC(C)Cc1cccs1. The quantitative estimate of drug-likeness (QED) is 0.609. The Morgan fingerprint density at radius 1 is 1.58 bits per heavy atom. The van der Waals surface area contributed by atoms with Gasteiger partial charge in [0, 0.05) is 17.2 Å². The predicted molar refractivity (Wildman–Crippen MR) is 55.3 cm³/mol. The molecule has 0 nitrogen and oxygen atoms in total. The fourth-order valence-electron chi connectivity index (χ4n) is 1.06. The highest BCUT2D eigenvalue weighted by molar-refractivity contribution is 7.09.